The fraction of sp³-hybridized carbons (Fsp3) is 0.600. The lowest BCUT2D eigenvalue weighted by Gasteiger charge is -2.31. The summed E-state index contributed by atoms with van der Waals surface area (Å²) in [6.45, 7) is 2.14. The predicted molar refractivity (Wildman–Crippen MR) is 77.0 cm³/mol. The topological polar surface area (TPSA) is 43.7 Å². The van der Waals surface area contributed by atoms with Crippen molar-refractivity contribution < 1.29 is 10.0 Å². The third kappa shape index (κ3) is 2.86. The van der Waals surface area contributed by atoms with Gasteiger partial charge < -0.3 is 10.0 Å². The molecule has 2 atom stereocenters. The Kier molecular flexibility index (Phi) is 3.92. The molecule has 3 rings (SSSR count). The van der Waals surface area contributed by atoms with Crippen molar-refractivity contribution >= 4 is 12.6 Å². The van der Waals surface area contributed by atoms with Gasteiger partial charge in [0.25, 0.3) is 0 Å². The van der Waals surface area contributed by atoms with E-state index >= 15 is 0 Å². The van der Waals surface area contributed by atoms with E-state index in [9.17, 15) is 10.0 Å². The molecule has 0 spiro atoms. The van der Waals surface area contributed by atoms with Gasteiger partial charge in [-0.05, 0) is 42.8 Å². The smallest absolute Gasteiger partial charge is 0.423 e. The molecule has 1 aromatic rings. The van der Waals surface area contributed by atoms with Crippen molar-refractivity contribution in [2.75, 3.05) is 6.54 Å². The number of hydrogen-bond acceptors (Lipinski definition) is 3. The van der Waals surface area contributed by atoms with Gasteiger partial charge in [0.05, 0.1) is 0 Å². The van der Waals surface area contributed by atoms with Crippen LogP contribution in [0, 0.1) is 5.92 Å². The first-order valence-corrected chi connectivity index (χ1v) is 7.43. The van der Waals surface area contributed by atoms with Gasteiger partial charge in [-0.3, -0.25) is 4.90 Å². The van der Waals surface area contributed by atoms with Crippen molar-refractivity contribution in [2.45, 2.75) is 44.7 Å². The first kappa shape index (κ1) is 13.2. The van der Waals surface area contributed by atoms with Gasteiger partial charge in [0.1, 0.15) is 0 Å². The summed E-state index contributed by atoms with van der Waals surface area (Å²) in [6.07, 6.45) is 6.85. The van der Waals surface area contributed by atoms with Crippen LogP contribution in [0.15, 0.2) is 24.3 Å². The Morgan fingerprint density at radius 2 is 2.00 bits per heavy atom. The molecule has 0 aromatic heterocycles. The second-order valence-electron chi connectivity index (χ2n) is 5.99. The van der Waals surface area contributed by atoms with Crippen molar-refractivity contribution in [3.05, 3.63) is 29.8 Å². The fourth-order valence-corrected chi connectivity index (χ4v) is 3.79. The second kappa shape index (κ2) is 5.65. The zero-order valence-corrected chi connectivity index (χ0v) is 11.3. The van der Waals surface area contributed by atoms with Crippen LogP contribution in [-0.4, -0.2) is 34.7 Å². The van der Waals surface area contributed by atoms with Crippen LogP contribution >= 0.6 is 0 Å². The molecule has 1 aliphatic heterocycles. The maximum absolute atomic E-state index is 9.24. The third-order valence-electron chi connectivity index (χ3n) is 4.76. The molecule has 1 heterocycles. The number of likely N-dealkylation sites (tertiary alicyclic amines) is 1. The Morgan fingerprint density at radius 3 is 2.84 bits per heavy atom. The Morgan fingerprint density at radius 1 is 1.16 bits per heavy atom. The summed E-state index contributed by atoms with van der Waals surface area (Å²) in [6, 6.07) is 8.44. The molecule has 1 aromatic carbocycles. The first-order valence-electron chi connectivity index (χ1n) is 7.43. The van der Waals surface area contributed by atoms with Gasteiger partial charge in [0.2, 0.25) is 0 Å². The first-order chi connectivity index (χ1) is 9.24. The standard InChI is InChI=1S/C15H22BNO2/c18-16(19)14-6-3-4-12(10-14)11-17-9-8-13-5-1-2-7-15(13)17/h3-4,6,10,13,15,18-19H,1-2,5,7-9,11H2. The lowest BCUT2D eigenvalue weighted by molar-refractivity contribution is 0.176. The zero-order chi connectivity index (χ0) is 13.2. The zero-order valence-electron chi connectivity index (χ0n) is 11.3. The normalized spacial score (nSPS) is 27.3. The minimum Gasteiger partial charge on any atom is -0.423 e. The highest BCUT2D eigenvalue weighted by molar-refractivity contribution is 6.58. The van der Waals surface area contributed by atoms with Crippen LogP contribution in [-0.2, 0) is 6.54 Å². The molecule has 0 amide bonds. The van der Waals surface area contributed by atoms with Gasteiger partial charge in [-0.15, -0.1) is 0 Å². The van der Waals surface area contributed by atoms with E-state index in [0.29, 0.717) is 5.46 Å². The van der Waals surface area contributed by atoms with Crippen molar-refractivity contribution in [2.24, 2.45) is 5.92 Å². The van der Waals surface area contributed by atoms with Crippen molar-refractivity contribution in [1.29, 1.82) is 0 Å². The summed E-state index contributed by atoms with van der Waals surface area (Å²) >= 11 is 0. The van der Waals surface area contributed by atoms with Crippen LogP contribution in [0.5, 0.6) is 0 Å². The Bertz CT molecular complexity index is 438. The van der Waals surface area contributed by atoms with Crippen LogP contribution in [0.25, 0.3) is 0 Å². The van der Waals surface area contributed by atoms with E-state index in [1.165, 1.54) is 44.2 Å². The number of rotatable bonds is 3. The quantitative estimate of drug-likeness (QED) is 0.800. The Balaban J connectivity index is 1.69. The maximum atomic E-state index is 9.24. The van der Waals surface area contributed by atoms with Crippen molar-refractivity contribution in [1.82, 2.24) is 4.90 Å². The second-order valence-corrected chi connectivity index (χ2v) is 5.99. The molecule has 102 valence electrons. The van der Waals surface area contributed by atoms with Gasteiger partial charge in [-0.2, -0.15) is 0 Å². The maximum Gasteiger partial charge on any atom is 0.488 e. The molecule has 1 saturated heterocycles. The van der Waals surface area contributed by atoms with E-state index in [0.717, 1.165) is 18.5 Å². The highest BCUT2D eigenvalue weighted by atomic mass is 16.4. The molecular weight excluding hydrogens is 237 g/mol. The van der Waals surface area contributed by atoms with Crippen LogP contribution in [0.3, 0.4) is 0 Å². The molecule has 2 fully saturated rings. The van der Waals surface area contributed by atoms with Gasteiger partial charge in [0.15, 0.2) is 0 Å². The minimum atomic E-state index is -1.36. The summed E-state index contributed by atoms with van der Waals surface area (Å²) in [5, 5.41) is 18.5. The molecule has 1 saturated carbocycles. The molecule has 2 aliphatic rings. The van der Waals surface area contributed by atoms with E-state index in [4.69, 9.17) is 0 Å². The molecule has 3 nitrogen and oxygen atoms in total. The monoisotopic (exact) mass is 259 g/mol. The van der Waals surface area contributed by atoms with Crippen LogP contribution in [0.1, 0.15) is 37.7 Å². The highest BCUT2D eigenvalue weighted by Crippen LogP contribution is 2.36. The van der Waals surface area contributed by atoms with Crippen molar-refractivity contribution in [3.63, 3.8) is 0 Å². The number of fused-ring (bicyclic) bond motifs is 1. The van der Waals surface area contributed by atoms with Crippen LogP contribution in [0.2, 0.25) is 0 Å². The average molecular weight is 259 g/mol. The molecule has 2 unspecified atom stereocenters. The molecule has 0 radical (unpaired) electrons. The summed E-state index contributed by atoms with van der Waals surface area (Å²) < 4.78 is 0. The van der Waals surface area contributed by atoms with Gasteiger partial charge >= 0.3 is 7.12 Å². The lowest BCUT2D eigenvalue weighted by Crippen LogP contribution is -2.35. The molecule has 19 heavy (non-hydrogen) atoms. The SMILES string of the molecule is OB(O)c1cccc(CN2CCC3CCCCC32)c1. The fourth-order valence-electron chi connectivity index (χ4n) is 3.79. The largest absolute Gasteiger partial charge is 0.488 e. The van der Waals surface area contributed by atoms with Crippen LogP contribution < -0.4 is 5.46 Å². The molecule has 0 bridgehead atoms. The van der Waals surface area contributed by atoms with E-state index in [1.807, 2.05) is 12.1 Å². The molecule has 4 heteroatoms. The van der Waals surface area contributed by atoms with Gasteiger partial charge in [0, 0.05) is 12.6 Å². The Labute approximate surface area is 115 Å². The lowest BCUT2D eigenvalue weighted by atomic mass is 9.79. The number of nitrogens with zero attached hydrogens (tertiary/aromatic N) is 1. The Hall–Kier alpha value is -0.835. The van der Waals surface area contributed by atoms with Gasteiger partial charge in [-0.1, -0.05) is 37.1 Å². The summed E-state index contributed by atoms with van der Waals surface area (Å²) in [5.41, 5.74) is 1.79. The van der Waals surface area contributed by atoms with E-state index in [-0.39, 0.29) is 0 Å². The summed E-state index contributed by atoms with van der Waals surface area (Å²) in [7, 11) is -1.36. The average Bonchev–Trinajstić information content (AvgIpc) is 2.83. The van der Waals surface area contributed by atoms with E-state index in [2.05, 4.69) is 11.0 Å². The van der Waals surface area contributed by atoms with Crippen LogP contribution in [0.4, 0.5) is 0 Å². The van der Waals surface area contributed by atoms with E-state index < -0.39 is 7.12 Å². The predicted octanol–water partition coefficient (Wildman–Crippen LogP) is 1.13. The molecule has 1 aliphatic carbocycles. The third-order valence-corrected chi connectivity index (χ3v) is 4.76. The number of benzene rings is 1. The molecule has 2 N–H and O–H groups in total. The molecular formula is C15H22BNO2. The minimum absolute atomic E-state index is 0.594. The highest BCUT2D eigenvalue weighted by Gasteiger charge is 2.35. The van der Waals surface area contributed by atoms with Crippen molar-refractivity contribution in [3.8, 4) is 0 Å². The van der Waals surface area contributed by atoms with E-state index in [1.54, 1.807) is 6.07 Å². The number of hydrogen-bond donors (Lipinski definition) is 2. The van der Waals surface area contributed by atoms with Gasteiger partial charge in [-0.25, -0.2) is 0 Å². The summed E-state index contributed by atoms with van der Waals surface area (Å²) in [5.74, 6) is 0.903. The summed E-state index contributed by atoms with van der Waals surface area (Å²) in [4.78, 5) is 2.59.